The molecule has 0 spiro atoms. The molecule has 1 aromatic heterocycles. The molecule has 1 amide bonds. The number of hydrogen-bond donors (Lipinski definition) is 1. The van der Waals surface area contributed by atoms with Gasteiger partial charge in [0.25, 0.3) is 0 Å². The quantitative estimate of drug-likeness (QED) is 0.645. The zero-order valence-electron chi connectivity index (χ0n) is 15.7. The van der Waals surface area contributed by atoms with Crippen LogP contribution in [0.1, 0.15) is 16.7 Å². The Morgan fingerprint density at radius 1 is 1.11 bits per heavy atom. The number of aromatic nitrogens is 1. The molecule has 5 nitrogen and oxygen atoms in total. The maximum Gasteiger partial charge on any atom is 0.250 e. The summed E-state index contributed by atoms with van der Waals surface area (Å²) >= 11 is 1.41. The van der Waals surface area contributed by atoms with Gasteiger partial charge in [-0.25, -0.2) is 4.98 Å². The van der Waals surface area contributed by atoms with Crippen molar-refractivity contribution < 1.29 is 14.3 Å². The molecule has 2 heterocycles. The van der Waals surface area contributed by atoms with Crippen LogP contribution >= 0.6 is 11.3 Å². The maximum absolute atomic E-state index is 12.3. The van der Waals surface area contributed by atoms with Crippen molar-refractivity contribution in [2.24, 2.45) is 0 Å². The predicted molar refractivity (Wildman–Crippen MR) is 112 cm³/mol. The number of fused-ring (bicyclic) bond motifs is 1. The molecule has 0 radical (unpaired) electrons. The molecule has 4 rings (SSSR count). The van der Waals surface area contributed by atoms with E-state index in [1.165, 1.54) is 23.0 Å². The summed E-state index contributed by atoms with van der Waals surface area (Å²) in [5.74, 6) is 1.21. The van der Waals surface area contributed by atoms with E-state index in [2.05, 4.69) is 42.3 Å². The standard InChI is InChI=1S/C22H20N2O3S/c1-14-3-4-15(2)17(11-14)18-13-28-22(23-18)24-21(25)8-6-16-5-7-19-20(12-16)27-10-9-26-19/h3-8,11-13H,9-10H2,1-2H3,(H,23,24,25)/b8-6+. The number of anilines is 1. The molecule has 3 aromatic rings. The lowest BCUT2D eigenvalue weighted by Crippen LogP contribution is -2.15. The molecule has 0 bridgehead atoms. The van der Waals surface area contributed by atoms with Crippen LogP contribution in [0, 0.1) is 13.8 Å². The van der Waals surface area contributed by atoms with E-state index in [-0.39, 0.29) is 5.91 Å². The molecule has 0 aliphatic carbocycles. The van der Waals surface area contributed by atoms with Crippen LogP contribution in [0.15, 0.2) is 47.9 Å². The number of carbonyl (C=O) groups is 1. The molecule has 28 heavy (non-hydrogen) atoms. The van der Waals surface area contributed by atoms with Crippen LogP contribution in [0.3, 0.4) is 0 Å². The van der Waals surface area contributed by atoms with Gasteiger partial charge in [-0.2, -0.15) is 0 Å². The van der Waals surface area contributed by atoms with Gasteiger partial charge in [0.1, 0.15) is 13.2 Å². The van der Waals surface area contributed by atoms with E-state index in [1.54, 1.807) is 6.08 Å². The Balaban J connectivity index is 1.44. The van der Waals surface area contributed by atoms with Crippen molar-refractivity contribution in [1.29, 1.82) is 0 Å². The molecule has 0 fully saturated rings. The van der Waals surface area contributed by atoms with Gasteiger partial charge < -0.3 is 9.47 Å². The van der Waals surface area contributed by atoms with Crippen LogP contribution < -0.4 is 14.8 Å². The number of ether oxygens (including phenoxy) is 2. The first-order valence-electron chi connectivity index (χ1n) is 9.00. The van der Waals surface area contributed by atoms with Gasteiger partial charge in [-0.05, 0) is 49.2 Å². The van der Waals surface area contributed by atoms with Gasteiger partial charge in [-0.1, -0.05) is 23.8 Å². The summed E-state index contributed by atoms with van der Waals surface area (Å²) in [5, 5.41) is 5.36. The molecule has 1 N–H and O–H groups in total. The Kier molecular flexibility index (Phi) is 5.12. The fourth-order valence-corrected chi connectivity index (χ4v) is 3.66. The zero-order chi connectivity index (χ0) is 19.5. The first kappa shape index (κ1) is 18.3. The second-order valence-electron chi connectivity index (χ2n) is 6.58. The summed E-state index contributed by atoms with van der Waals surface area (Å²) < 4.78 is 11.1. The number of aryl methyl sites for hydroxylation is 2. The number of benzene rings is 2. The highest BCUT2D eigenvalue weighted by molar-refractivity contribution is 7.14. The van der Waals surface area contributed by atoms with Gasteiger partial charge >= 0.3 is 0 Å². The lowest BCUT2D eigenvalue weighted by Gasteiger charge is -2.18. The summed E-state index contributed by atoms with van der Waals surface area (Å²) in [4.78, 5) is 16.8. The van der Waals surface area contributed by atoms with Crippen LogP contribution in [0.2, 0.25) is 0 Å². The summed E-state index contributed by atoms with van der Waals surface area (Å²) in [7, 11) is 0. The number of hydrogen-bond acceptors (Lipinski definition) is 5. The van der Waals surface area contributed by atoms with E-state index < -0.39 is 0 Å². The Bertz CT molecular complexity index is 1060. The minimum Gasteiger partial charge on any atom is -0.486 e. The maximum atomic E-state index is 12.3. The topological polar surface area (TPSA) is 60.5 Å². The van der Waals surface area contributed by atoms with Crippen LogP contribution in [-0.2, 0) is 4.79 Å². The van der Waals surface area contributed by atoms with Crippen molar-refractivity contribution in [1.82, 2.24) is 4.98 Å². The average Bonchev–Trinajstić information content (AvgIpc) is 3.16. The number of thiazole rings is 1. The number of amides is 1. The van der Waals surface area contributed by atoms with Crippen LogP contribution in [-0.4, -0.2) is 24.1 Å². The molecule has 0 atom stereocenters. The monoisotopic (exact) mass is 392 g/mol. The van der Waals surface area contributed by atoms with E-state index in [1.807, 2.05) is 23.6 Å². The number of carbonyl (C=O) groups excluding carboxylic acids is 1. The molecule has 0 unspecified atom stereocenters. The molecule has 0 saturated carbocycles. The van der Waals surface area contributed by atoms with E-state index in [4.69, 9.17) is 9.47 Å². The summed E-state index contributed by atoms with van der Waals surface area (Å²) in [6.45, 7) is 5.21. The minimum atomic E-state index is -0.225. The second-order valence-corrected chi connectivity index (χ2v) is 7.44. The van der Waals surface area contributed by atoms with Crippen molar-refractivity contribution in [2.45, 2.75) is 13.8 Å². The Hall–Kier alpha value is -3.12. The molecular formula is C22H20N2O3S. The molecule has 1 aliphatic rings. The summed E-state index contributed by atoms with van der Waals surface area (Å²) in [6.07, 6.45) is 3.23. The highest BCUT2D eigenvalue weighted by Gasteiger charge is 2.11. The Morgan fingerprint density at radius 2 is 1.93 bits per heavy atom. The third-order valence-electron chi connectivity index (χ3n) is 4.40. The lowest BCUT2D eigenvalue weighted by atomic mass is 10.0. The van der Waals surface area contributed by atoms with E-state index in [0.717, 1.165) is 28.1 Å². The number of nitrogens with one attached hydrogen (secondary N) is 1. The Labute approximate surface area is 167 Å². The molecule has 0 saturated heterocycles. The molecule has 2 aromatic carbocycles. The van der Waals surface area contributed by atoms with Crippen LogP contribution in [0.4, 0.5) is 5.13 Å². The zero-order valence-corrected chi connectivity index (χ0v) is 16.5. The van der Waals surface area contributed by atoms with Crippen LogP contribution in [0.5, 0.6) is 11.5 Å². The number of nitrogens with zero attached hydrogens (tertiary/aromatic N) is 1. The molecular weight excluding hydrogens is 372 g/mol. The smallest absolute Gasteiger partial charge is 0.250 e. The summed E-state index contributed by atoms with van der Waals surface area (Å²) in [6, 6.07) is 11.9. The third kappa shape index (κ3) is 4.07. The fourth-order valence-electron chi connectivity index (χ4n) is 2.95. The normalized spacial score (nSPS) is 12.9. The highest BCUT2D eigenvalue weighted by atomic mass is 32.1. The lowest BCUT2D eigenvalue weighted by molar-refractivity contribution is -0.111. The average molecular weight is 392 g/mol. The van der Waals surface area contributed by atoms with Gasteiger partial charge in [0.05, 0.1) is 5.69 Å². The molecule has 6 heteroatoms. The minimum absolute atomic E-state index is 0.225. The largest absolute Gasteiger partial charge is 0.486 e. The third-order valence-corrected chi connectivity index (χ3v) is 5.15. The molecule has 142 valence electrons. The fraction of sp³-hybridized carbons (Fsp3) is 0.182. The predicted octanol–water partition coefficient (Wildman–Crippen LogP) is 4.85. The van der Waals surface area contributed by atoms with Crippen molar-refractivity contribution in [3.8, 4) is 22.8 Å². The van der Waals surface area contributed by atoms with E-state index >= 15 is 0 Å². The van der Waals surface area contributed by atoms with Gasteiger partial charge in [-0.15, -0.1) is 11.3 Å². The molecule has 1 aliphatic heterocycles. The van der Waals surface area contributed by atoms with Gasteiger partial charge in [0.2, 0.25) is 5.91 Å². The first-order chi connectivity index (χ1) is 13.6. The van der Waals surface area contributed by atoms with Crippen molar-refractivity contribution >= 4 is 28.5 Å². The van der Waals surface area contributed by atoms with E-state index in [0.29, 0.717) is 24.1 Å². The van der Waals surface area contributed by atoms with Gasteiger partial charge in [0, 0.05) is 17.0 Å². The highest BCUT2D eigenvalue weighted by Crippen LogP contribution is 2.31. The summed E-state index contributed by atoms with van der Waals surface area (Å²) in [5.41, 5.74) is 5.17. The number of rotatable bonds is 4. The van der Waals surface area contributed by atoms with Crippen molar-refractivity contribution in [2.75, 3.05) is 18.5 Å². The SMILES string of the molecule is Cc1ccc(C)c(-c2csc(NC(=O)/C=C/c3ccc4c(c3)OCCO4)n2)c1. The van der Waals surface area contributed by atoms with Crippen LogP contribution in [0.25, 0.3) is 17.3 Å². The second kappa shape index (κ2) is 7.86. The van der Waals surface area contributed by atoms with Crippen molar-refractivity contribution in [3.05, 3.63) is 64.5 Å². The van der Waals surface area contributed by atoms with Crippen molar-refractivity contribution in [3.63, 3.8) is 0 Å². The van der Waals surface area contributed by atoms with Gasteiger partial charge in [0.15, 0.2) is 16.6 Å². The Morgan fingerprint density at radius 3 is 2.79 bits per heavy atom. The van der Waals surface area contributed by atoms with E-state index in [9.17, 15) is 4.79 Å². The van der Waals surface area contributed by atoms with Gasteiger partial charge in [-0.3, -0.25) is 10.1 Å². The first-order valence-corrected chi connectivity index (χ1v) is 9.88.